The van der Waals surface area contributed by atoms with Crippen LogP contribution in [0.25, 0.3) is 0 Å². The van der Waals surface area contributed by atoms with E-state index in [1.807, 2.05) is 23.9 Å². The van der Waals surface area contributed by atoms with Crippen LogP contribution in [0.3, 0.4) is 0 Å². The van der Waals surface area contributed by atoms with Gasteiger partial charge in [0.05, 0.1) is 12.8 Å². The minimum atomic E-state index is 0. The van der Waals surface area contributed by atoms with Gasteiger partial charge in [0.25, 0.3) is 0 Å². The number of nitrogens with zero attached hydrogens (tertiary/aromatic N) is 1. The second kappa shape index (κ2) is 11.0. The van der Waals surface area contributed by atoms with E-state index in [1.165, 1.54) is 23.5 Å². The fourth-order valence-electron chi connectivity index (χ4n) is 2.52. The largest absolute Gasteiger partial charge is 0.469 e. The van der Waals surface area contributed by atoms with Crippen LogP contribution in [0.1, 0.15) is 23.5 Å². The Morgan fingerprint density at radius 1 is 1.33 bits per heavy atom. The molecule has 7 heteroatoms. The molecule has 0 bridgehead atoms. The summed E-state index contributed by atoms with van der Waals surface area (Å²) in [5.41, 5.74) is 0. The normalized spacial score (nSPS) is 18.0. The van der Waals surface area contributed by atoms with Crippen LogP contribution >= 0.6 is 47.1 Å². The Morgan fingerprint density at radius 2 is 2.29 bits per heavy atom. The average Bonchev–Trinajstić information content (AvgIpc) is 3.27. The number of hydrogen-bond donors (Lipinski definition) is 2. The molecule has 3 rings (SSSR count). The monoisotopic (exact) mass is 477 g/mol. The predicted molar refractivity (Wildman–Crippen MR) is 115 cm³/mol. The van der Waals surface area contributed by atoms with E-state index >= 15 is 0 Å². The van der Waals surface area contributed by atoms with E-state index in [0.29, 0.717) is 6.04 Å². The molecule has 1 unspecified atom stereocenters. The zero-order chi connectivity index (χ0) is 15.7. The number of thioether (sulfide) groups is 1. The Bertz CT molecular complexity index is 581. The maximum absolute atomic E-state index is 5.38. The SMILES string of the molecule is I.c1coc(CCNC(=NCc2cccs2)NC2CCCSC2)c1. The first-order valence-corrected chi connectivity index (χ1v) is 10.1. The molecule has 1 aliphatic rings. The molecule has 132 valence electrons. The highest BCUT2D eigenvalue weighted by atomic mass is 127. The molecule has 3 heterocycles. The van der Waals surface area contributed by atoms with Crippen molar-refractivity contribution in [2.45, 2.75) is 31.8 Å². The van der Waals surface area contributed by atoms with Gasteiger partial charge in [-0.2, -0.15) is 11.8 Å². The Balaban J connectivity index is 0.00000208. The van der Waals surface area contributed by atoms with Crippen LogP contribution in [0.15, 0.2) is 45.3 Å². The van der Waals surface area contributed by atoms with Crippen LogP contribution in [0, 0.1) is 0 Å². The van der Waals surface area contributed by atoms with Gasteiger partial charge in [-0.25, -0.2) is 4.99 Å². The number of rotatable bonds is 6. The molecule has 2 aromatic heterocycles. The molecule has 1 saturated heterocycles. The first-order chi connectivity index (χ1) is 11.4. The lowest BCUT2D eigenvalue weighted by atomic mass is 10.2. The summed E-state index contributed by atoms with van der Waals surface area (Å²) in [6.07, 6.45) is 5.10. The number of furan rings is 1. The lowest BCUT2D eigenvalue weighted by Gasteiger charge is -2.24. The number of halogens is 1. The molecule has 0 aliphatic carbocycles. The van der Waals surface area contributed by atoms with E-state index in [0.717, 1.165) is 37.0 Å². The summed E-state index contributed by atoms with van der Waals surface area (Å²) in [6, 6.07) is 8.66. The molecule has 4 nitrogen and oxygen atoms in total. The van der Waals surface area contributed by atoms with Crippen molar-refractivity contribution in [1.82, 2.24) is 10.6 Å². The average molecular weight is 477 g/mol. The van der Waals surface area contributed by atoms with Crippen LogP contribution in [0.2, 0.25) is 0 Å². The van der Waals surface area contributed by atoms with Crippen LogP contribution in [0.5, 0.6) is 0 Å². The van der Waals surface area contributed by atoms with Gasteiger partial charge in [-0.1, -0.05) is 6.07 Å². The third-order valence-corrected chi connectivity index (χ3v) is 5.79. The maximum atomic E-state index is 5.38. The number of hydrogen-bond acceptors (Lipinski definition) is 4. The third kappa shape index (κ3) is 6.68. The summed E-state index contributed by atoms with van der Waals surface area (Å²) in [7, 11) is 0. The van der Waals surface area contributed by atoms with Gasteiger partial charge in [-0.05, 0) is 42.2 Å². The van der Waals surface area contributed by atoms with Crippen molar-refractivity contribution < 1.29 is 4.42 Å². The van der Waals surface area contributed by atoms with Gasteiger partial charge in [-0.15, -0.1) is 35.3 Å². The fraction of sp³-hybridized carbons (Fsp3) is 0.471. The zero-order valence-electron chi connectivity index (χ0n) is 13.6. The van der Waals surface area contributed by atoms with Crippen LogP contribution < -0.4 is 10.6 Å². The summed E-state index contributed by atoms with van der Waals surface area (Å²) in [6.45, 7) is 1.55. The Labute approximate surface area is 168 Å². The molecule has 1 fully saturated rings. The molecule has 0 saturated carbocycles. The van der Waals surface area contributed by atoms with Gasteiger partial charge < -0.3 is 15.1 Å². The molecule has 1 aliphatic heterocycles. The standard InChI is InChI=1S/C17H23N3OS2.HI/c1-5-15(21-9-1)7-8-18-17(19-12-16-6-3-11-23-16)20-14-4-2-10-22-13-14;/h1,3,5-6,9,11,14H,2,4,7-8,10,12-13H2,(H2,18,19,20);1H. The summed E-state index contributed by atoms with van der Waals surface area (Å²) in [4.78, 5) is 6.03. The summed E-state index contributed by atoms with van der Waals surface area (Å²) < 4.78 is 5.38. The second-order valence-corrected chi connectivity index (χ2v) is 7.74. The lowest BCUT2D eigenvalue weighted by molar-refractivity contribution is 0.505. The van der Waals surface area contributed by atoms with Gasteiger partial charge in [0, 0.05) is 29.6 Å². The Kier molecular flexibility index (Phi) is 9.04. The second-order valence-electron chi connectivity index (χ2n) is 5.56. The van der Waals surface area contributed by atoms with Crippen molar-refractivity contribution in [2.75, 3.05) is 18.1 Å². The fourth-order valence-corrected chi connectivity index (χ4v) is 4.22. The van der Waals surface area contributed by atoms with Gasteiger partial charge in [0.2, 0.25) is 0 Å². The topological polar surface area (TPSA) is 49.6 Å². The van der Waals surface area contributed by atoms with E-state index in [4.69, 9.17) is 9.41 Å². The van der Waals surface area contributed by atoms with E-state index in [9.17, 15) is 0 Å². The molecule has 0 aromatic carbocycles. The van der Waals surface area contributed by atoms with E-state index in [2.05, 4.69) is 28.1 Å². The highest BCUT2D eigenvalue weighted by molar-refractivity contribution is 14.0. The summed E-state index contributed by atoms with van der Waals surface area (Å²) in [5, 5.41) is 9.13. The Hall–Kier alpha value is -0.670. The highest BCUT2D eigenvalue weighted by Gasteiger charge is 2.15. The molecule has 2 aromatic rings. The van der Waals surface area contributed by atoms with E-state index < -0.39 is 0 Å². The first kappa shape index (κ1) is 19.7. The van der Waals surface area contributed by atoms with Crippen LogP contribution in [0.4, 0.5) is 0 Å². The zero-order valence-corrected chi connectivity index (χ0v) is 17.5. The molecule has 0 radical (unpaired) electrons. The number of thiophene rings is 1. The molecule has 0 amide bonds. The number of guanidine groups is 1. The highest BCUT2D eigenvalue weighted by Crippen LogP contribution is 2.17. The molecular formula is C17H24IN3OS2. The smallest absolute Gasteiger partial charge is 0.191 e. The first-order valence-electron chi connectivity index (χ1n) is 8.07. The van der Waals surface area contributed by atoms with Crippen molar-refractivity contribution >= 4 is 53.0 Å². The van der Waals surface area contributed by atoms with Crippen LogP contribution in [-0.4, -0.2) is 30.1 Å². The van der Waals surface area contributed by atoms with Crippen molar-refractivity contribution in [3.05, 3.63) is 46.5 Å². The van der Waals surface area contributed by atoms with Crippen molar-refractivity contribution in [3.8, 4) is 0 Å². The molecule has 1 atom stereocenters. The molecule has 2 N–H and O–H groups in total. The lowest BCUT2D eigenvalue weighted by Crippen LogP contribution is -2.46. The van der Waals surface area contributed by atoms with Gasteiger partial charge >= 0.3 is 0 Å². The minimum Gasteiger partial charge on any atom is -0.469 e. The van der Waals surface area contributed by atoms with Crippen molar-refractivity contribution in [2.24, 2.45) is 4.99 Å². The summed E-state index contributed by atoms with van der Waals surface area (Å²) >= 11 is 3.78. The molecule has 24 heavy (non-hydrogen) atoms. The van der Waals surface area contributed by atoms with Gasteiger partial charge in [0.1, 0.15) is 5.76 Å². The third-order valence-electron chi connectivity index (χ3n) is 3.72. The van der Waals surface area contributed by atoms with Crippen LogP contribution in [-0.2, 0) is 13.0 Å². The Morgan fingerprint density at radius 3 is 3.00 bits per heavy atom. The van der Waals surface area contributed by atoms with Gasteiger partial charge in [0.15, 0.2) is 5.96 Å². The van der Waals surface area contributed by atoms with Gasteiger partial charge in [-0.3, -0.25) is 0 Å². The summed E-state index contributed by atoms with van der Waals surface area (Å²) in [5.74, 6) is 4.37. The van der Waals surface area contributed by atoms with Crippen molar-refractivity contribution in [1.29, 1.82) is 0 Å². The molecule has 0 spiro atoms. The predicted octanol–water partition coefficient (Wildman–Crippen LogP) is 4.13. The van der Waals surface area contributed by atoms with E-state index in [1.54, 1.807) is 17.6 Å². The van der Waals surface area contributed by atoms with E-state index in [-0.39, 0.29) is 24.0 Å². The van der Waals surface area contributed by atoms with Crippen molar-refractivity contribution in [3.63, 3.8) is 0 Å². The maximum Gasteiger partial charge on any atom is 0.191 e. The number of aliphatic imine (C=N–C) groups is 1. The quantitative estimate of drug-likeness (QED) is 0.373. The minimum absolute atomic E-state index is 0. The number of nitrogens with one attached hydrogen (secondary N) is 2. The molecular weight excluding hydrogens is 453 g/mol.